The van der Waals surface area contributed by atoms with Crippen LogP contribution in [-0.2, 0) is 15.3 Å². The molecule has 0 amide bonds. The number of halogens is 1. The molecular weight excluding hydrogens is 460 g/mol. The summed E-state index contributed by atoms with van der Waals surface area (Å²) in [7, 11) is 1.61. The number of nitrogens with zero attached hydrogens (tertiary/aromatic N) is 3. The zero-order valence-corrected chi connectivity index (χ0v) is 20.4. The minimum Gasteiger partial charge on any atom is -0.496 e. The molecule has 0 spiro atoms. The number of carbonyl (C=O) groups excluding carboxylic acids is 1. The Morgan fingerprint density at radius 2 is 1.94 bits per heavy atom. The number of nitrogens with one attached hydrogen (secondary N) is 1. The smallest absolute Gasteiger partial charge is 0.338 e. The van der Waals surface area contributed by atoms with Crippen molar-refractivity contribution in [3.63, 3.8) is 0 Å². The van der Waals surface area contributed by atoms with Crippen LogP contribution in [-0.4, -0.2) is 33.9 Å². The Labute approximate surface area is 202 Å². The molecule has 1 aliphatic rings. The number of para-hydroxylation sites is 1. The average Bonchev–Trinajstić information content (AvgIpc) is 3.19. The van der Waals surface area contributed by atoms with Crippen LogP contribution in [0.4, 0.5) is 5.95 Å². The fourth-order valence-corrected chi connectivity index (χ4v) is 4.79. The molecule has 3 aromatic rings. The first-order valence-corrected chi connectivity index (χ1v) is 11.9. The summed E-state index contributed by atoms with van der Waals surface area (Å²) in [6.07, 6.45) is -0.255. The Bertz CT molecular complexity index is 1210. The van der Waals surface area contributed by atoms with Crippen molar-refractivity contribution in [1.82, 2.24) is 14.8 Å². The molecular formula is C24H25ClN4O3S. The number of methoxy groups -OCH3 is 1. The molecule has 1 aliphatic heterocycles. The van der Waals surface area contributed by atoms with Crippen LogP contribution in [0, 0.1) is 0 Å². The molecule has 1 unspecified atom stereocenters. The molecule has 1 atom stereocenters. The fourth-order valence-electron chi connectivity index (χ4n) is 3.67. The third-order valence-electron chi connectivity index (χ3n) is 5.14. The van der Waals surface area contributed by atoms with Gasteiger partial charge in [0.05, 0.1) is 18.8 Å². The largest absolute Gasteiger partial charge is 0.496 e. The molecule has 9 heteroatoms. The second-order valence-electron chi connectivity index (χ2n) is 7.80. The van der Waals surface area contributed by atoms with Gasteiger partial charge in [-0.15, -0.1) is 5.10 Å². The molecule has 0 aliphatic carbocycles. The summed E-state index contributed by atoms with van der Waals surface area (Å²) in [5, 5.41) is 9.24. The van der Waals surface area contributed by atoms with E-state index in [9.17, 15) is 4.79 Å². The van der Waals surface area contributed by atoms with Gasteiger partial charge in [-0.25, -0.2) is 9.48 Å². The fraction of sp³-hybridized carbons (Fsp3) is 0.292. The van der Waals surface area contributed by atoms with Crippen LogP contribution in [0.1, 0.15) is 37.9 Å². The summed E-state index contributed by atoms with van der Waals surface area (Å²) in [6, 6.07) is 14.7. The Hall–Kier alpha value is -2.97. The Morgan fingerprint density at radius 1 is 1.21 bits per heavy atom. The number of aromatic nitrogens is 3. The van der Waals surface area contributed by atoms with Crippen LogP contribution >= 0.6 is 23.4 Å². The standard InChI is InChI=1S/C24H25ClN4O3S/c1-14(2)32-22(30)20-15(3)26-23-27-24(33-13-16-9-5-7-11-18(16)25)28-29(23)21(20)17-10-6-8-12-19(17)31-4/h5-12,14,21H,13H2,1-4H3,(H,26,27,28). The number of anilines is 1. The maximum atomic E-state index is 13.1. The van der Waals surface area contributed by atoms with Crippen molar-refractivity contribution in [3.05, 3.63) is 76.0 Å². The van der Waals surface area contributed by atoms with Gasteiger partial charge in [-0.2, -0.15) is 4.98 Å². The highest BCUT2D eigenvalue weighted by Gasteiger charge is 2.37. The van der Waals surface area contributed by atoms with Gasteiger partial charge in [0.15, 0.2) is 0 Å². The first-order valence-electron chi connectivity index (χ1n) is 10.5. The molecule has 0 saturated carbocycles. The summed E-state index contributed by atoms with van der Waals surface area (Å²) in [4.78, 5) is 17.8. The predicted molar refractivity (Wildman–Crippen MR) is 130 cm³/mol. The number of hydrogen-bond donors (Lipinski definition) is 1. The maximum absolute atomic E-state index is 13.1. The van der Waals surface area contributed by atoms with Gasteiger partial charge in [-0.05, 0) is 38.5 Å². The highest BCUT2D eigenvalue weighted by atomic mass is 35.5. The number of esters is 1. The quantitative estimate of drug-likeness (QED) is 0.351. The summed E-state index contributed by atoms with van der Waals surface area (Å²) in [5.41, 5.74) is 2.93. The Morgan fingerprint density at radius 3 is 2.67 bits per heavy atom. The number of rotatable bonds is 7. The van der Waals surface area contributed by atoms with E-state index < -0.39 is 12.0 Å². The van der Waals surface area contributed by atoms with Crippen molar-refractivity contribution in [3.8, 4) is 5.75 Å². The topological polar surface area (TPSA) is 78.3 Å². The molecule has 0 bridgehead atoms. The first-order chi connectivity index (χ1) is 15.9. The predicted octanol–water partition coefficient (Wildman–Crippen LogP) is 5.47. The number of ether oxygens (including phenoxy) is 2. The van der Waals surface area contributed by atoms with Crippen LogP contribution < -0.4 is 10.1 Å². The van der Waals surface area contributed by atoms with Gasteiger partial charge < -0.3 is 14.8 Å². The van der Waals surface area contributed by atoms with E-state index in [0.29, 0.717) is 38.9 Å². The van der Waals surface area contributed by atoms with E-state index in [0.717, 1.165) is 11.1 Å². The average molecular weight is 485 g/mol. The van der Waals surface area contributed by atoms with Gasteiger partial charge in [-0.1, -0.05) is 59.8 Å². The van der Waals surface area contributed by atoms with Crippen molar-refractivity contribution >= 4 is 35.3 Å². The van der Waals surface area contributed by atoms with Crippen LogP contribution in [0.2, 0.25) is 5.02 Å². The van der Waals surface area contributed by atoms with Crippen molar-refractivity contribution in [2.75, 3.05) is 12.4 Å². The second kappa shape index (κ2) is 9.89. The van der Waals surface area contributed by atoms with E-state index in [1.807, 2.05) is 69.3 Å². The number of allylic oxidation sites excluding steroid dienone is 1. The van der Waals surface area contributed by atoms with Crippen LogP contribution in [0.25, 0.3) is 0 Å². The lowest BCUT2D eigenvalue weighted by atomic mass is 9.95. The molecule has 2 heterocycles. The monoisotopic (exact) mass is 484 g/mol. The number of hydrogen-bond acceptors (Lipinski definition) is 7. The Kier molecular flexibility index (Phi) is 6.95. The van der Waals surface area contributed by atoms with Gasteiger partial charge in [0.1, 0.15) is 11.8 Å². The van der Waals surface area contributed by atoms with Crippen LogP contribution in [0.3, 0.4) is 0 Å². The Balaban J connectivity index is 1.74. The minimum atomic E-state index is -0.550. The van der Waals surface area contributed by atoms with E-state index in [4.69, 9.17) is 26.2 Å². The number of thioether (sulfide) groups is 1. The molecule has 0 fully saturated rings. The molecule has 4 rings (SSSR count). The van der Waals surface area contributed by atoms with E-state index in [-0.39, 0.29) is 6.10 Å². The third-order valence-corrected chi connectivity index (χ3v) is 6.40. The van der Waals surface area contributed by atoms with Crippen LogP contribution in [0.5, 0.6) is 5.75 Å². The lowest BCUT2D eigenvalue weighted by Crippen LogP contribution is -2.30. The first kappa shape index (κ1) is 23.2. The molecule has 7 nitrogen and oxygen atoms in total. The minimum absolute atomic E-state index is 0.255. The van der Waals surface area contributed by atoms with Crippen molar-refractivity contribution in [2.45, 2.75) is 43.8 Å². The highest BCUT2D eigenvalue weighted by Crippen LogP contribution is 2.40. The second-order valence-corrected chi connectivity index (χ2v) is 9.15. The lowest BCUT2D eigenvalue weighted by molar-refractivity contribution is -0.143. The van der Waals surface area contributed by atoms with Gasteiger partial charge in [-0.3, -0.25) is 0 Å². The van der Waals surface area contributed by atoms with Crippen molar-refractivity contribution < 1.29 is 14.3 Å². The molecule has 2 aromatic carbocycles. The molecule has 0 saturated heterocycles. The molecule has 172 valence electrons. The number of carbonyl (C=O) groups is 1. The summed E-state index contributed by atoms with van der Waals surface area (Å²) < 4.78 is 12.9. The maximum Gasteiger partial charge on any atom is 0.338 e. The van der Waals surface area contributed by atoms with Gasteiger partial charge in [0, 0.05) is 22.0 Å². The van der Waals surface area contributed by atoms with Gasteiger partial charge in [0.25, 0.3) is 0 Å². The van der Waals surface area contributed by atoms with E-state index in [1.165, 1.54) is 11.8 Å². The van der Waals surface area contributed by atoms with E-state index in [1.54, 1.807) is 11.8 Å². The zero-order chi connectivity index (χ0) is 23.5. The lowest BCUT2D eigenvalue weighted by Gasteiger charge is -2.29. The molecule has 1 aromatic heterocycles. The summed E-state index contributed by atoms with van der Waals surface area (Å²) in [5.74, 6) is 1.42. The zero-order valence-electron chi connectivity index (χ0n) is 18.8. The summed E-state index contributed by atoms with van der Waals surface area (Å²) in [6.45, 7) is 5.49. The van der Waals surface area contributed by atoms with Crippen molar-refractivity contribution in [1.29, 1.82) is 0 Å². The number of benzene rings is 2. The molecule has 1 N–H and O–H groups in total. The molecule has 33 heavy (non-hydrogen) atoms. The third kappa shape index (κ3) is 4.86. The van der Waals surface area contributed by atoms with Crippen LogP contribution in [0.15, 0.2) is 65.0 Å². The molecule has 0 radical (unpaired) electrons. The number of fused-ring (bicyclic) bond motifs is 1. The van der Waals surface area contributed by atoms with E-state index in [2.05, 4.69) is 10.3 Å². The van der Waals surface area contributed by atoms with Gasteiger partial charge in [0.2, 0.25) is 11.1 Å². The van der Waals surface area contributed by atoms with Gasteiger partial charge >= 0.3 is 5.97 Å². The SMILES string of the molecule is COc1ccccc1C1C(C(=O)OC(C)C)=C(C)Nc2nc(SCc3ccccc3Cl)nn21. The normalized spacial score (nSPS) is 15.3. The van der Waals surface area contributed by atoms with E-state index >= 15 is 0 Å². The summed E-state index contributed by atoms with van der Waals surface area (Å²) >= 11 is 7.78. The van der Waals surface area contributed by atoms with Crippen molar-refractivity contribution in [2.24, 2.45) is 0 Å². The highest BCUT2D eigenvalue weighted by molar-refractivity contribution is 7.98.